The summed E-state index contributed by atoms with van der Waals surface area (Å²) in [6, 6.07) is 3.58. The second kappa shape index (κ2) is 14.9. The van der Waals surface area contributed by atoms with Crippen LogP contribution in [0.5, 0.6) is 0 Å². The normalized spacial score (nSPS) is 15.3. The number of rotatable bonds is 15. The molecule has 0 aliphatic carbocycles. The third kappa shape index (κ3) is 8.68. The number of carbonyl (C=O) groups is 4. The van der Waals surface area contributed by atoms with Crippen LogP contribution in [-0.2, 0) is 25.6 Å². The summed E-state index contributed by atoms with van der Waals surface area (Å²) in [5.74, 6) is -2.47. The van der Waals surface area contributed by atoms with Crippen molar-refractivity contribution in [2.45, 2.75) is 57.3 Å². The summed E-state index contributed by atoms with van der Waals surface area (Å²) in [6.45, 7) is 3.58. The molecule has 2 aromatic rings. The number of amides is 3. The number of benzene rings is 1. The van der Waals surface area contributed by atoms with Gasteiger partial charge in [-0.3, -0.25) is 14.4 Å². The molecule has 0 saturated heterocycles. The molecule has 12 heteroatoms. The van der Waals surface area contributed by atoms with Crippen molar-refractivity contribution in [3.63, 3.8) is 0 Å². The fourth-order valence-electron chi connectivity index (χ4n) is 3.81. The van der Waals surface area contributed by atoms with Crippen molar-refractivity contribution < 1.29 is 24.3 Å². The van der Waals surface area contributed by atoms with Gasteiger partial charge in [-0.2, -0.15) is 24.4 Å². The fourth-order valence-corrected chi connectivity index (χ4v) is 4.44. The predicted octanol–water partition coefficient (Wildman–Crippen LogP) is 1.31. The SMILES string of the molecule is CCC(C)C(NC(=O)C(CCSC)NC(=O)C(Cc1c[nH]c2ccccc12)NC(=O)C(N)CS)C(=O)O. The van der Waals surface area contributed by atoms with E-state index in [1.807, 2.05) is 37.4 Å². The van der Waals surface area contributed by atoms with Crippen LogP contribution in [0.15, 0.2) is 30.5 Å². The lowest BCUT2D eigenvalue weighted by Crippen LogP contribution is -2.58. The monoisotopic (exact) mass is 551 g/mol. The highest BCUT2D eigenvalue weighted by Gasteiger charge is 2.32. The quantitative estimate of drug-likeness (QED) is 0.164. The van der Waals surface area contributed by atoms with E-state index in [4.69, 9.17) is 5.73 Å². The molecule has 0 saturated carbocycles. The summed E-state index contributed by atoms with van der Waals surface area (Å²) in [6.07, 6.45) is 4.65. The van der Waals surface area contributed by atoms with Gasteiger partial charge in [0.25, 0.3) is 0 Å². The number of thioether (sulfide) groups is 1. The van der Waals surface area contributed by atoms with Crippen LogP contribution in [0.3, 0.4) is 0 Å². The van der Waals surface area contributed by atoms with Crippen LogP contribution >= 0.6 is 24.4 Å². The average molecular weight is 552 g/mol. The number of hydrogen-bond donors (Lipinski definition) is 7. The van der Waals surface area contributed by atoms with Gasteiger partial charge in [0.1, 0.15) is 18.1 Å². The fraction of sp³-hybridized carbons (Fsp3) is 0.520. The lowest BCUT2D eigenvalue weighted by Gasteiger charge is -2.26. The topological polar surface area (TPSA) is 166 Å². The minimum absolute atomic E-state index is 0.0954. The van der Waals surface area contributed by atoms with Crippen molar-refractivity contribution in [2.75, 3.05) is 17.8 Å². The number of aliphatic carboxylic acids is 1. The van der Waals surface area contributed by atoms with Crippen LogP contribution in [-0.4, -0.2) is 75.7 Å². The molecule has 0 aliphatic rings. The number of hydrogen-bond acceptors (Lipinski definition) is 7. The largest absolute Gasteiger partial charge is 0.480 e. The highest BCUT2D eigenvalue weighted by atomic mass is 32.2. The summed E-state index contributed by atoms with van der Waals surface area (Å²) < 4.78 is 0. The van der Waals surface area contributed by atoms with Crippen LogP contribution in [0.1, 0.15) is 32.3 Å². The van der Waals surface area contributed by atoms with Gasteiger partial charge in [0, 0.05) is 29.3 Å². The number of aromatic nitrogens is 1. The predicted molar refractivity (Wildman–Crippen MR) is 150 cm³/mol. The van der Waals surface area contributed by atoms with E-state index in [2.05, 4.69) is 33.6 Å². The maximum Gasteiger partial charge on any atom is 0.326 e. The average Bonchev–Trinajstić information content (AvgIpc) is 3.30. The van der Waals surface area contributed by atoms with Crippen molar-refractivity contribution in [2.24, 2.45) is 11.7 Å². The van der Waals surface area contributed by atoms with Gasteiger partial charge in [-0.1, -0.05) is 38.5 Å². The first-order chi connectivity index (χ1) is 17.6. The number of para-hydroxylation sites is 1. The van der Waals surface area contributed by atoms with Gasteiger partial charge < -0.3 is 31.8 Å². The second-order valence-corrected chi connectivity index (χ2v) is 10.3. The van der Waals surface area contributed by atoms with Crippen LogP contribution in [0.25, 0.3) is 10.9 Å². The molecule has 10 nitrogen and oxygen atoms in total. The molecule has 5 unspecified atom stereocenters. The number of fused-ring (bicyclic) bond motifs is 1. The van der Waals surface area contributed by atoms with Crippen molar-refractivity contribution in [3.05, 3.63) is 36.0 Å². The molecule has 1 aromatic carbocycles. The number of carboxylic acid groups (broad SMARTS) is 1. The Hall–Kier alpha value is -2.70. The standard InChI is InChI=1S/C25H37N5O5S2/c1-4-14(2)21(25(34)35)30-23(32)19(9-10-37-3)28-24(33)20(29-22(31)17(26)13-36)11-15-12-27-18-8-6-5-7-16(15)18/h5-8,12,14,17,19-21,27,36H,4,9-11,13,26H2,1-3H3,(H,28,33)(H,29,31)(H,30,32)(H,34,35). The van der Waals surface area contributed by atoms with Crippen LogP contribution in [0.2, 0.25) is 0 Å². The Morgan fingerprint density at radius 2 is 1.73 bits per heavy atom. The number of thiol groups is 1. The van der Waals surface area contributed by atoms with Gasteiger partial charge in [-0.25, -0.2) is 4.79 Å². The molecule has 37 heavy (non-hydrogen) atoms. The minimum atomic E-state index is -1.14. The molecular formula is C25H37N5O5S2. The van der Waals surface area contributed by atoms with Gasteiger partial charge in [0.15, 0.2) is 0 Å². The van der Waals surface area contributed by atoms with Gasteiger partial charge >= 0.3 is 5.97 Å². The van der Waals surface area contributed by atoms with Crippen molar-refractivity contribution in [1.82, 2.24) is 20.9 Å². The Labute approximate surface area is 226 Å². The molecule has 2 rings (SSSR count). The molecule has 5 atom stereocenters. The number of H-pyrrole nitrogens is 1. The van der Waals surface area contributed by atoms with Crippen molar-refractivity contribution >= 4 is 59.0 Å². The van der Waals surface area contributed by atoms with E-state index in [-0.39, 0.29) is 24.5 Å². The van der Waals surface area contributed by atoms with Gasteiger partial charge in [0.2, 0.25) is 17.7 Å². The number of nitrogens with two attached hydrogens (primary N) is 1. The van der Waals surface area contributed by atoms with E-state index in [1.165, 1.54) is 11.8 Å². The van der Waals surface area contributed by atoms with Gasteiger partial charge in [-0.15, -0.1) is 0 Å². The summed E-state index contributed by atoms with van der Waals surface area (Å²) in [5, 5.41) is 18.5. The molecule has 3 amide bonds. The van der Waals surface area contributed by atoms with E-state index in [0.717, 1.165) is 16.5 Å². The number of aromatic amines is 1. The summed E-state index contributed by atoms with van der Waals surface area (Å²) in [7, 11) is 0. The van der Waals surface area contributed by atoms with E-state index in [9.17, 15) is 24.3 Å². The first kappa shape index (κ1) is 30.5. The Balaban J connectivity index is 2.28. The second-order valence-electron chi connectivity index (χ2n) is 8.97. The molecule has 204 valence electrons. The number of nitrogens with one attached hydrogen (secondary N) is 4. The molecule has 7 N–H and O–H groups in total. The first-order valence-corrected chi connectivity index (χ1v) is 14.2. The van der Waals surface area contributed by atoms with Gasteiger partial charge in [0.05, 0.1) is 6.04 Å². The lowest BCUT2D eigenvalue weighted by molar-refractivity contribution is -0.143. The van der Waals surface area contributed by atoms with Gasteiger partial charge in [-0.05, 0) is 36.0 Å². The Morgan fingerprint density at radius 3 is 2.35 bits per heavy atom. The first-order valence-electron chi connectivity index (χ1n) is 12.2. The summed E-state index contributed by atoms with van der Waals surface area (Å²) in [5.41, 5.74) is 7.51. The summed E-state index contributed by atoms with van der Waals surface area (Å²) in [4.78, 5) is 54.0. The van der Waals surface area contributed by atoms with E-state index in [0.29, 0.717) is 12.2 Å². The number of carboxylic acids is 1. The maximum absolute atomic E-state index is 13.4. The molecule has 0 spiro atoms. The van der Waals surface area contributed by atoms with Crippen LogP contribution < -0.4 is 21.7 Å². The lowest BCUT2D eigenvalue weighted by atomic mass is 9.98. The highest BCUT2D eigenvalue weighted by molar-refractivity contribution is 7.98. The smallest absolute Gasteiger partial charge is 0.326 e. The molecule has 1 aromatic heterocycles. The number of carbonyl (C=O) groups excluding carboxylic acids is 3. The molecule has 1 heterocycles. The third-order valence-corrected chi connectivity index (χ3v) is 7.32. The Bertz CT molecular complexity index is 1080. The van der Waals surface area contributed by atoms with E-state index in [1.54, 1.807) is 13.1 Å². The minimum Gasteiger partial charge on any atom is -0.480 e. The molecule has 0 aliphatic heterocycles. The van der Waals surface area contributed by atoms with Crippen molar-refractivity contribution in [1.29, 1.82) is 0 Å². The van der Waals surface area contributed by atoms with Crippen LogP contribution in [0, 0.1) is 5.92 Å². The Kier molecular flexibility index (Phi) is 12.3. The molecular weight excluding hydrogens is 514 g/mol. The third-order valence-electron chi connectivity index (χ3n) is 6.29. The Morgan fingerprint density at radius 1 is 1.08 bits per heavy atom. The zero-order valence-corrected chi connectivity index (χ0v) is 23.0. The molecule has 0 radical (unpaired) electrons. The summed E-state index contributed by atoms with van der Waals surface area (Å²) >= 11 is 5.56. The maximum atomic E-state index is 13.4. The zero-order chi connectivity index (χ0) is 27.5. The molecule has 0 bridgehead atoms. The zero-order valence-electron chi connectivity index (χ0n) is 21.3. The highest BCUT2D eigenvalue weighted by Crippen LogP contribution is 2.19. The van der Waals surface area contributed by atoms with Crippen molar-refractivity contribution in [3.8, 4) is 0 Å². The van der Waals surface area contributed by atoms with Crippen LogP contribution in [0.4, 0.5) is 0 Å². The van der Waals surface area contributed by atoms with E-state index < -0.39 is 47.9 Å². The molecule has 0 fully saturated rings. The van der Waals surface area contributed by atoms with E-state index >= 15 is 0 Å².